The van der Waals surface area contributed by atoms with Gasteiger partial charge in [-0.2, -0.15) is 0 Å². The van der Waals surface area contributed by atoms with Crippen LogP contribution in [0, 0.1) is 5.41 Å². The number of rotatable bonds is 3. The van der Waals surface area contributed by atoms with E-state index in [-0.39, 0.29) is 0 Å². The van der Waals surface area contributed by atoms with Crippen molar-refractivity contribution in [3.63, 3.8) is 0 Å². The van der Waals surface area contributed by atoms with Crippen LogP contribution in [-0.2, 0) is 0 Å². The predicted octanol–water partition coefficient (Wildman–Crippen LogP) is 2.94. The molecule has 17 heavy (non-hydrogen) atoms. The van der Waals surface area contributed by atoms with Crippen LogP contribution < -0.4 is 5.73 Å². The summed E-state index contributed by atoms with van der Waals surface area (Å²) in [6, 6.07) is 0. The minimum Gasteiger partial charge on any atom is -0.330 e. The summed E-state index contributed by atoms with van der Waals surface area (Å²) in [7, 11) is 0. The number of nitrogens with two attached hydrogens (primary N) is 1. The van der Waals surface area contributed by atoms with Crippen molar-refractivity contribution >= 4 is 0 Å². The fourth-order valence-corrected chi connectivity index (χ4v) is 3.34. The average Bonchev–Trinajstić information content (AvgIpc) is 2.58. The van der Waals surface area contributed by atoms with E-state index in [0.717, 1.165) is 13.1 Å². The number of hydrogen-bond donors (Lipinski definition) is 1. The zero-order valence-electron chi connectivity index (χ0n) is 11.4. The van der Waals surface area contributed by atoms with Crippen molar-refractivity contribution in [3.8, 4) is 0 Å². The third-order valence-electron chi connectivity index (χ3n) is 4.68. The Kier molecular flexibility index (Phi) is 4.63. The Morgan fingerprint density at radius 3 is 2.47 bits per heavy atom. The normalized spacial score (nSPS) is 26.4. The maximum Gasteiger partial charge on any atom is 0.0166 e. The molecular formula is C15H28N2. The van der Waals surface area contributed by atoms with E-state index in [1.165, 1.54) is 58.0 Å². The van der Waals surface area contributed by atoms with Crippen LogP contribution >= 0.6 is 0 Å². The SMILES string of the molecule is CC1=CCN(CC2(CN)CCCCCC2)CC1. The molecule has 1 aliphatic carbocycles. The van der Waals surface area contributed by atoms with E-state index >= 15 is 0 Å². The number of hydrogen-bond acceptors (Lipinski definition) is 2. The topological polar surface area (TPSA) is 29.3 Å². The standard InChI is InChI=1S/C15H28N2/c1-14-6-10-17(11-7-14)13-15(12-16)8-4-2-3-5-9-15/h6H,2-5,7-13,16H2,1H3. The lowest BCUT2D eigenvalue weighted by Crippen LogP contribution is -2.43. The van der Waals surface area contributed by atoms with Crippen LogP contribution in [0.5, 0.6) is 0 Å². The van der Waals surface area contributed by atoms with Crippen molar-refractivity contribution in [1.29, 1.82) is 0 Å². The molecule has 0 unspecified atom stereocenters. The van der Waals surface area contributed by atoms with Crippen molar-refractivity contribution in [3.05, 3.63) is 11.6 Å². The summed E-state index contributed by atoms with van der Waals surface area (Å²) in [5, 5.41) is 0. The van der Waals surface area contributed by atoms with Crippen molar-refractivity contribution in [2.24, 2.45) is 11.1 Å². The first-order chi connectivity index (χ1) is 8.24. The summed E-state index contributed by atoms with van der Waals surface area (Å²) in [4.78, 5) is 2.62. The molecule has 0 bridgehead atoms. The van der Waals surface area contributed by atoms with Gasteiger partial charge in [0.1, 0.15) is 0 Å². The fraction of sp³-hybridized carbons (Fsp3) is 0.867. The van der Waals surface area contributed by atoms with E-state index < -0.39 is 0 Å². The van der Waals surface area contributed by atoms with Crippen LogP contribution in [-0.4, -0.2) is 31.1 Å². The van der Waals surface area contributed by atoms with Gasteiger partial charge in [-0.3, -0.25) is 4.90 Å². The second-order valence-electron chi connectivity index (χ2n) is 6.15. The summed E-state index contributed by atoms with van der Waals surface area (Å²) >= 11 is 0. The van der Waals surface area contributed by atoms with Crippen LogP contribution in [0.3, 0.4) is 0 Å². The van der Waals surface area contributed by atoms with Gasteiger partial charge in [0.15, 0.2) is 0 Å². The summed E-state index contributed by atoms with van der Waals surface area (Å²) < 4.78 is 0. The third kappa shape index (κ3) is 3.56. The summed E-state index contributed by atoms with van der Waals surface area (Å²) in [5.74, 6) is 0. The first-order valence-corrected chi connectivity index (χ1v) is 7.32. The van der Waals surface area contributed by atoms with Gasteiger partial charge in [-0.05, 0) is 38.1 Å². The average molecular weight is 236 g/mol. The highest BCUT2D eigenvalue weighted by Crippen LogP contribution is 2.35. The van der Waals surface area contributed by atoms with Crippen molar-refractivity contribution in [1.82, 2.24) is 4.90 Å². The molecule has 0 amide bonds. The van der Waals surface area contributed by atoms with Crippen LogP contribution in [0.25, 0.3) is 0 Å². The first-order valence-electron chi connectivity index (χ1n) is 7.32. The molecule has 2 nitrogen and oxygen atoms in total. The summed E-state index contributed by atoms with van der Waals surface area (Å²) in [5.41, 5.74) is 8.10. The molecule has 0 aromatic heterocycles. The lowest BCUT2D eigenvalue weighted by molar-refractivity contribution is 0.143. The Bertz CT molecular complexity index is 262. The van der Waals surface area contributed by atoms with Gasteiger partial charge in [0, 0.05) is 19.6 Å². The van der Waals surface area contributed by atoms with Crippen LogP contribution in [0.15, 0.2) is 11.6 Å². The van der Waals surface area contributed by atoms with Gasteiger partial charge in [-0.15, -0.1) is 0 Å². The van der Waals surface area contributed by atoms with Crippen LogP contribution in [0.4, 0.5) is 0 Å². The maximum absolute atomic E-state index is 6.11. The Hall–Kier alpha value is -0.340. The smallest absolute Gasteiger partial charge is 0.0166 e. The van der Waals surface area contributed by atoms with Crippen LogP contribution in [0.1, 0.15) is 51.9 Å². The van der Waals surface area contributed by atoms with Gasteiger partial charge in [-0.25, -0.2) is 0 Å². The molecule has 0 aromatic rings. The molecule has 2 N–H and O–H groups in total. The Labute approximate surface area is 106 Å². The van der Waals surface area contributed by atoms with Crippen LogP contribution in [0.2, 0.25) is 0 Å². The van der Waals surface area contributed by atoms with E-state index in [2.05, 4.69) is 17.9 Å². The lowest BCUT2D eigenvalue weighted by atomic mass is 9.79. The highest BCUT2D eigenvalue weighted by atomic mass is 15.1. The lowest BCUT2D eigenvalue weighted by Gasteiger charge is -2.38. The van der Waals surface area contributed by atoms with E-state index in [0.29, 0.717) is 5.41 Å². The maximum atomic E-state index is 6.11. The molecular weight excluding hydrogens is 208 g/mol. The predicted molar refractivity (Wildman–Crippen MR) is 74.0 cm³/mol. The Morgan fingerprint density at radius 1 is 1.24 bits per heavy atom. The van der Waals surface area contributed by atoms with E-state index in [1.807, 2.05) is 0 Å². The van der Waals surface area contributed by atoms with Gasteiger partial charge < -0.3 is 5.73 Å². The molecule has 0 radical (unpaired) electrons. The second kappa shape index (κ2) is 6.01. The minimum absolute atomic E-state index is 0.426. The summed E-state index contributed by atoms with van der Waals surface area (Å²) in [6.07, 6.45) is 12.0. The molecule has 0 saturated heterocycles. The number of nitrogens with zero attached hydrogens (tertiary/aromatic N) is 1. The molecule has 2 rings (SSSR count). The molecule has 1 aliphatic heterocycles. The third-order valence-corrected chi connectivity index (χ3v) is 4.68. The molecule has 0 spiro atoms. The molecule has 0 aromatic carbocycles. The minimum atomic E-state index is 0.426. The van der Waals surface area contributed by atoms with Gasteiger partial charge in [0.2, 0.25) is 0 Å². The molecule has 98 valence electrons. The summed E-state index contributed by atoms with van der Waals surface area (Å²) in [6.45, 7) is 6.75. The molecule has 1 heterocycles. The first kappa shape index (κ1) is 13.1. The highest BCUT2D eigenvalue weighted by molar-refractivity contribution is 5.04. The molecule has 1 saturated carbocycles. The zero-order chi connectivity index (χ0) is 12.1. The van der Waals surface area contributed by atoms with E-state index in [1.54, 1.807) is 5.57 Å². The molecule has 1 fully saturated rings. The monoisotopic (exact) mass is 236 g/mol. The molecule has 0 atom stereocenters. The Morgan fingerprint density at radius 2 is 1.94 bits per heavy atom. The van der Waals surface area contributed by atoms with Crippen molar-refractivity contribution in [2.45, 2.75) is 51.9 Å². The van der Waals surface area contributed by atoms with E-state index in [4.69, 9.17) is 5.73 Å². The van der Waals surface area contributed by atoms with Crippen molar-refractivity contribution < 1.29 is 0 Å². The van der Waals surface area contributed by atoms with E-state index in [9.17, 15) is 0 Å². The Balaban J connectivity index is 1.93. The van der Waals surface area contributed by atoms with Crippen molar-refractivity contribution in [2.75, 3.05) is 26.2 Å². The second-order valence-corrected chi connectivity index (χ2v) is 6.15. The van der Waals surface area contributed by atoms with Gasteiger partial charge in [-0.1, -0.05) is 37.3 Å². The molecule has 2 heteroatoms. The highest BCUT2D eigenvalue weighted by Gasteiger charge is 2.31. The largest absolute Gasteiger partial charge is 0.330 e. The van der Waals surface area contributed by atoms with Gasteiger partial charge in [0.05, 0.1) is 0 Å². The fourth-order valence-electron chi connectivity index (χ4n) is 3.34. The molecule has 2 aliphatic rings. The quantitative estimate of drug-likeness (QED) is 0.603. The van der Waals surface area contributed by atoms with Gasteiger partial charge in [0.25, 0.3) is 0 Å². The zero-order valence-corrected chi connectivity index (χ0v) is 11.4. The van der Waals surface area contributed by atoms with Gasteiger partial charge >= 0.3 is 0 Å².